The molecule has 3 heterocycles. The Hall–Kier alpha value is -3.14. The average molecular weight is 540 g/mol. The van der Waals surface area contributed by atoms with Crippen molar-refractivity contribution in [3.05, 3.63) is 48.2 Å². The van der Waals surface area contributed by atoms with Crippen molar-refractivity contribution in [2.45, 2.75) is 70.6 Å². The van der Waals surface area contributed by atoms with Crippen LogP contribution in [0.4, 0.5) is 19.0 Å². The van der Waals surface area contributed by atoms with Gasteiger partial charge in [-0.3, -0.25) is 0 Å². The van der Waals surface area contributed by atoms with Gasteiger partial charge in [-0.25, -0.2) is 15.0 Å². The zero-order valence-corrected chi connectivity index (χ0v) is 22.5. The van der Waals surface area contributed by atoms with Gasteiger partial charge in [0.1, 0.15) is 23.6 Å². The molecule has 0 aliphatic heterocycles. The summed E-state index contributed by atoms with van der Waals surface area (Å²) in [5.74, 6) is 3.16. The highest BCUT2D eigenvalue weighted by Gasteiger charge is 2.35. The van der Waals surface area contributed by atoms with Crippen molar-refractivity contribution >= 4 is 27.9 Å². The van der Waals surface area contributed by atoms with E-state index in [1.165, 1.54) is 12.5 Å². The van der Waals surface area contributed by atoms with Crippen LogP contribution in [0.5, 0.6) is 0 Å². The molecule has 0 saturated heterocycles. The minimum Gasteiger partial charge on any atom is -0.383 e. The number of rotatable bonds is 8. The van der Waals surface area contributed by atoms with Crippen LogP contribution in [0.2, 0.25) is 0 Å². The van der Waals surface area contributed by atoms with Gasteiger partial charge in [-0.2, -0.15) is 13.2 Å². The Kier molecular flexibility index (Phi) is 6.77. The van der Waals surface area contributed by atoms with E-state index in [2.05, 4.69) is 49.4 Å². The molecule has 10 heteroatoms. The SMILES string of the molecule is CC(C)N(CC1CC(Cc2nc3cc(C(F)(F)F)ccc3[nH]2)C1)C[C@@H]1CC[C@H](n2ccc3c(N)ncnc32)C1. The second-order valence-corrected chi connectivity index (χ2v) is 11.9. The maximum Gasteiger partial charge on any atom is 0.416 e. The lowest BCUT2D eigenvalue weighted by Crippen LogP contribution is -2.42. The number of imidazole rings is 1. The van der Waals surface area contributed by atoms with Gasteiger partial charge in [0.05, 0.1) is 22.0 Å². The lowest BCUT2D eigenvalue weighted by Gasteiger charge is -2.40. The summed E-state index contributed by atoms with van der Waals surface area (Å²) in [4.78, 5) is 18.9. The lowest BCUT2D eigenvalue weighted by molar-refractivity contribution is -0.137. The Bertz CT molecular complexity index is 1450. The first-order valence-electron chi connectivity index (χ1n) is 14.0. The maximum absolute atomic E-state index is 13.0. The number of alkyl halides is 3. The number of nitrogens with two attached hydrogens (primary N) is 1. The number of benzene rings is 1. The van der Waals surface area contributed by atoms with Gasteiger partial charge in [0.2, 0.25) is 0 Å². The Labute approximate surface area is 226 Å². The number of nitrogen functional groups attached to an aromatic ring is 1. The molecule has 208 valence electrons. The first-order valence-corrected chi connectivity index (χ1v) is 14.0. The summed E-state index contributed by atoms with van der Waals surface area (Å²) in [5, 5.41) is 0.929. The van der Waals surface area contributed by atoms with E-state index in [1.807, 2.05) is 6.07 Å². The Balaban J connectivity index is 1.01. The minimum absolute atomic E-state index is 0.389. The van der Waals surface area contributed by atoms with E-state index in [0.717, 1.165) is 74.2 Å². The molecule has 2 atom stereocenters. The van der Waals surface area contributed by atoms with E-state index in [1.54, 1.807) is 6.33 Å². The van der Waals surface area contributed by atoms with Gasteiger partial charge in [-0.1, -0.05) is 0 Å². The summed E-state index contributed by atoms with van der Waals surface area (Å²) in [6, 6.07) is 6.68. The summed E-state index contributed by atoms with van der Waals surface area (Å²) in [5.41, 5.74) is 7.37. The number of aromatic nitrogens is 5. The highest BCUT2D eigenvalue weighted by molar-refractivity contribution is 5.86. The Morgan fingerprint density at radius 3 is 2.62 bits per heavy atom. The Morgan fingerprint density at radius 2 is 1.85 bits per heavy atom. The van der Waals surface area contributed by atoms with Gasteiger partial charge in [0.25, 0.3) is 0 Å². The second-order valence-electron chi connectivity index (χ2n) is 11.9. The van der Waals surface area contributed by atoms with Crippen molar-refractivity contribution in [1.29, 1.82) is 0 Å². The number of halogens is 3. The molecule has 0 spiro atoms. The highest BCUT2D eigenvalue weighted by atomic mass is 19.4. The molecular formula is C29H36F3N7. The molecule has 1 aromatic carbocycles. The molecule has 7 nitrogen and oxygen atoms in total. The van der Waals surface area contributed by atoms with E-state index >= 15 is 0 Å². The number of nitrogens with one attached hydrogen (secondary N) is 1. The molecule has 4 aromatic rings. The second kappa shape index (κ2) is 10.1. The fourth-order valence-electron chi connectivity index (χ4n) is 6.71. The first-order chi connectivity index (χ1) is 18.6. The van der Waals surface area contributed by atoms with E-state index < -0.39 is 11.7 Å². The quantitative estimate of drug-likeness (QED) is 0.277. The standard InChI is InChI=1S/C29H36F3N7/c1-17(2)38(14-18-3-5-22(11-18)39-8-7-23-27(33)34-16-35-28(23)39)15-20-9-19(10-20)12-26-36-24-6-4-21(29(30,31)32)13-25(24)37-26/h4,6-8,13,16-20,22H,3,5,9-12,14-15H2,1-2H3,(H,36,37)(H2,33,34,35)/t18-,19?,20?,22+/m1/s1. The van der Waals surface area contributed by atoms with Gasteiger partial charge in [0, 0.05) is 37.8 Å². The molecule has 3 aromatic heterocycles. The van der Waals surface area contributed by atoms with Crippen molar-refractivity contribution in [3.8, 4) is 0 Å². The third kappa shape index (κ3) is 5.35. The van der Waals surface area contributed by atoms with Gasteiger partial charge in [-0.15, -0.1) is 0 Å². The van der Waals surface area contributed by atoms with E-state index in [0.29, 0.717) is 46.7 Å². The van der Waals surface area contributed by atoms with Crippen LogP contribution in [-0.4, -0.2) is 48.5 Å². The van der Waals surface area contributed by atoms with Crippen LogP contribution in [-0.2, 0) is 12.6 Å². The molecule has 2 aliphatic rings. The molecule has 2 saturated carbocycles. The molecule has 0 amide bonds. The maximum atomic E-state index is 13.0. The van der Waals surface area contributed by atoms with Crippen molar-refractivity contribution in [2.75, 3.05) is 18.8 Å². The van der Waals surface area contributed by atoms with Crippen molar-refractivity contribution < 1.29 is 13.2 Å². The Morgan fingerprint density at radius 1 is 1.05 bits per heavy atom. The number of hydrogen-bond acceptors (Lipinski definition) is 5. The molecular weight excluding hydrogens is 503 g/mol. The van der Waals surface area contributed by atoms with Crippen molar-refractivity contribution in [1.82, 2.24) is 29.4 Å². The number of H-pyrrole nitrogens is 1. The third-order valence-electron chi connectivity index (χ3n) is 8.84. The molecule has 0 radical (unpaired) electrons. The van der Waals surface area contributed by atoms with Crippen LogP contribution >= 0.6 is 0 Å². The molecule has 39 heavy (non-hydrogen) atoms. The largest absolute Gasteiger partial charge is 0.416 e. The van der Waals surface area contributed by atoms with E-state index in [4.69, 9.17) is 5.73 Å². The fourth-order valence-corrected chi connectivity index (χ4v) is 6.71. The number of nitrogens with zero attached hydrogens (tertiary/aromatic N) is 5. The summed E-state index contributed by atoms with van der Waals surface area (Å²) in [6.45, 7) is 6.77. The average Bonchev–Trinajstić information content (AvgIpc) is 3.59. The number of anilines is 1. The highest BCUT2D eigenvalue weighted by Crippen LogP contribution is 2.40. The van der Waals surface area contributed by atoms with Crippen LogP contribution in [0, 0.1) is 17.8 Å². The zero-order chi connectivity index (χ0) is 27.3. The van der Waals surface area contributed by atoms with E-state index in [9.17, 15) is 13.2 Å². The van der Waals surface area contributed by atoms with Crippen molar-refractivity contribution in [3.63, 3.8) is 0 Å². The normalized spacial score (nSPS) is 23.9. The number of aromatic amines is 1. The number of fused-ring (bicyclic) bond motifs is 2. The monoisotopic (exact) mass is 539 g/mol. The van der Waals surface area contributed by atoms with Gasteiger partial charge in [0.15, 0.2) is 0 Å². The summed E-state index contributed by atoms with van der Waals surface area (Å²) in [6.07, 6.45) is 5.87. The molecule has 2 aliphatic carbocycles. The van der Waals surface area contributed by atoms with Crippen LogP contribution in [0.1, 0.15) is 63.4 Å². The predicted octanol–water partition coefficient (Wildman–Crippen LogP) is 6.23. The summed E-state index contributed by atoms with van der Waals surface area (Å²) >= 11 is 0. The third-order valence-corrected chi connectivity index (χ3v) is 8.84. The molecule has 0 bridgehead atoms. The van der Waals surface area contributed by atoms with Crippen LogP contribution in [0.25, 0.3) is 22.1 Å². The van der Waals surface area contributed by atoms with Crippen LogP contribution < -0.4 is 5.73 Å². The van der Waals surface area contributed by atoms with Gasteiger partial charge < -0.3 is 20.2 Å². The van der Waals surface area contributed by atoms with Crippen LogP contribution in [0.15, 0.2) is 36.8 Å². The first kappa shape index (κ1) is 26.1. The molecule has 0 unspecified atom stereocenters. The van der Waals surface area contributed by atoms with E-state index in [-0.39, 0.29) is 0 Å². The minimum atomic E-state index is -4.35. The lowest BCUT2D eigenvalue weighted by atomic mass is 9.72. The zero-order valence-electron chi connectivity index (χ0n) is 22.5. The smallest absolute Gasteiger partial charge is 0.383 e. The molecule has 3 N–H and O–H groups in total. The van der Waals surface area contributed by atoms with Crippen molar-refractivity contribution in [2.24, 2.45) is 17.8 Å². The topological polar surface area (TPSA) is 88.7 Å². The summed E-state index contributed by atoms with van der Waals surface area (Å²) < 4.78 is 41.4. The fraction of sp³-hybridized carbons (Fsp3) is 0.552. The van der Waals surface area contributed by atoms with Crippen LogP contribution in [0.3, 0.4) is 0 Å². The van der Waals surface area contributed by atoms with Gasteiger partial charge >= 0.3 is 6.18 Å². The molecule has 2 fully saturated rings. The number of hydrogen-bond donors (Lipinski definition) is 2. The van der Waals surface area contributed by atoms with Gasteiger partial charge in [-0.05, 0) is 88.0 Å². The predicted molar refractivity (Wildman–Crippen MR) is 146 cm³/mol. The molecule has 6 rings (SSSR count). The summed E-state index contributed by atoms with van der Waals surface area (Å²) in [7, 11) is 0.